The second-order valence-electron chi connectivity index (χ2n) is 4.38. The molecule has 1 aliphatic rings. The van der Waals surface area contributed by atoms with Crippen molar-refractivity contribution in [2.45, 2.75) is 25.5 Å². The molecule has 0 unspecified atom stereocenters. The lowest BCUT2D eigenvalue weighted by Gasteiger charge is -2.32. The van der Waals surface area contributed by atoms with Gasteiger partial charge in [0.1, 0.15) is 0 Å². The lowest BCUT2D eigenvalue weighted by atomic mass is 10.1. The molecule has 0 amide bonds. The summed E-state index contributed by atoms with van der Waals surface area (Å²) in [6.07, 6.45) is 1.66. The number of rotatable bonds is 3. The van der Waals surface area contributed by atoms with Crippen LogP contribution in [0.2, 0.25) is 0 Å². The van der Waals surface area contributed by atoms with E-state index in [0.29, 0.717) is 0 Å². The molecule has 0 saturated carbocycles. The highest BCUT2D eigenvalue weighted by atomic mass is 16.3. The first-order valence-corrected chi connectivity index (χ1v) is 5.97. The van der Waals surface area contributed by atoms with Gasteiger partial charge in [0.25, 0.3) is 0 Å². The molecule has 1 heterocycles. The maximum Gasteiger partial charge on any atom is 0.0574 e. The van der Waals surface area contributed by atoms with Gasteiger partial charge in [0, 0.05) is 25.3 Å². The van der Waals surface area contributed by atoms with Crippen LogP contribution in [-0.2, 0) is 6.54 Å². The molecule has 1 aliphatic heterocycles. The molecule has 1 fully saturated rings. The van der Waals surface area contributed by atoms with Gasteiger partial charge in [-0.3, -0.25) is 0 Å². The summed E-state index contributed by atoms with van der Waals surface area (Å²) in [5.74, 6) is 0. The molecular weight excluding hydrogens is 200 g/mol. The number of nitrogens with one attached hydrogen (secondary N) is 1. The molecular formula is C13H20N2O. The molecule has 0 atom stereocenters. The molecule has 2 rings (SSSR count). The van der Waals surface area contributed by atoms with Crippen molar-refractivity contribution in [2.24, 2.45) is 0 Å². The van der Waals surface area contributed by atoms with Gasteiger partial charge in [-0.1, -0.05) is 18.2 Å². The molecule has 0 aromatic heterocycles. The number of hydrogen-bond donors (Lipinski definition) is 2. The number of aliphatic hydroxyl groups excluding tert-OH is 1. The third-order valence-electron chi connectivity index (χ3n) is 3.16. The summed E-state index contributed by atoms with van der Waals surface area (Å²) in [6.45, 7) is 2.82. The first-order chi connectivity index (χ1) is 7.81. The Bertz CT molecular complexity index is 332. The van der Waals surface area contributed by atoms with Gasteiger partial charge >= 0.3 is 0 Å². The van der Waals surface area contributed by atoms with Crippen LogP contribution in [0.5, 0.6) is 0 Å². The zero-order valence-electron chi connectivity index (χ0n) is 9.82. The Hall–Kier alpha value is -1.06. The molecule has 0 radical (unpaired) electrons. The fourth-order valence-corrected chi connectivity index (χ4v) is 2.27. The summed E-state index contributed by atoms with van der Waals surface area (Å²) in [5.41, 5.74) is 2.64. The molecule has 3 heteroatoms. The highest BCUT2D eigenvalue weighted by Gasteiger charge is 2.18. The van der Waals surface area contributed by atoms with Gasteiger partial charge in [-0.05, 0) is 31.5 Å². The number of piperidine rings is 1. The van der Waals surface area contributed by atoms with Gasteiger partial charge in [-0.15, -0.1) is 0 Å². The van der Waals surface area contributed by atoms with Crippen LogP contribution in [0.3, 0.4) is 0 Å². The maximum absolute atomic E-state index is 9.51. The molecule has 0 aliphatic carbocycles. The van der Waals surface area contributed by atoms with Crippen LogP contribution in [0.25, 0.3) is 0 Å². The molecule has 88 valence electrons. The maximum atomic E-state index is 9.51. The summed E-state index contributed by atoms with van der Waals surface area (Å²) in [7, 11) is 1.97. The fraction of sp³-hybridized carbons (Fsp3) is 0.538. The van der Waals surface area contributed by atoms with E-state index in [1.807, 2.05) is 7.05 Å². The van der Waals surface area contributed by atoms with Crippen molar-refractivity contribution >= 4 is 5.69 Å². The Morgan fingerprint density at radius 1 is 1.31 bits per heavy atom. The number of anilines is 1. The van der Waals surface area contributed by atoms with Gasteiger partial charge in [0.2, 0.25) is 0 Å². The minimum atomic E-state index is -0.104. The minimum absolute atomic E-state index is 0.104. The van der Waals surface area contributed by atoms with Crippen molar-refractivity contribution in [1.29, 1.82) is 0 Å². The predicted octanol–water partition coefficient (Wildman–Crippen LogP) is 1.37. The third kappa shape index (κ3) is 2.54. The third-order valence-corrected chi connectivity index (χ3v) is 3.16. The van der Waals surface area contributed by atoms with Crippen molar-refractivity contribution in [2.75, 3.05) is 25.0 Å². The Morgan fingerprint density at radius 2 is 2.00 bits per heavy atom. The molecule has 1 saturated heterocycles. The Balaban J connectivity index is 2.13. The Kier molecular flexibility index (Phi) is 3.80. The zero-order chi connectivity index (χ0) is 11.4. The summed E-state index contributed by atoms with van der Waals surface area (Å²) in [4.78, 5) is 2.37. The van der Waals surface area contributed by atoms with Crippen LogP contribution in [0.1, 0.15) is 18.4 Å². The highest BCUT2D eigenvalue weighted by Crippen LogP contribution is 2.23. The van der Waals surface area contributed by atoms with E-state index >= 15 is 0 Å². The average molecular weight is 220 g/mol. The van der Waals surface area contributed by atoms with Gasteiger partial charge in [0.15, 0.2) is 0 Å². The number of aliphatic hydroxyl groups is 1. The second-order valence-corrected chi connectivity index (χ2v) is 4.38. The molecule has 3 nitrogen and oxygen atoms in total. The number of benzene rings is 1. The van der Waals surface area contributed by atoms with E-state index in [1.165, 1.54) is 11.3 Å². The number of nitrogens with zero attached hydrogens (tertiary/aromatic N) is 1. The first kappa shape index (κ1) is 11.4. The van der Waals surface area contributed by atoms with Gasteiger partial charge in [0.05, 0.1) is 6.10 Å². The van der Waals surface area contributed by atoms with Crippen molar-refractivity contribution in [3.63, 3.8) is 0 Å². The van der Waals surface area contributed by atoms with E-state index in [-0.39, 0.29) is 6.10 Å². The Labute approximate surface area is 97.1 Å². The van der Waals surface area contributed by atoms with E-state index in [0.717, 1.165) is 32.5 Å². The smallest absolute Gasteiger partial charge is 0.0574 e. The van der Waals surface area contributed by atoms with Gasteiger partial charge in [-0.25, -0.2) is 0 Å². The summed E-state index contributed by atoms with van der Waals surface area (Å²) < 4.78 is 0. The van der Waals surface area contributed by atoms with E-state index in [2.05, 4.69) is 34.5 Å². The lowest BCUT2D eigenvalue weighted by Crippen LogP contribution is -2.36. The van der Waals surface area contributed by atoms with Crippen molar-refractivity contribution in [3.8, 4) is 0 Å². The second kappa shape index (κ2) is 5.32. The first-order valence-electron chi connectivity index (χ1n) is 5.97. The van der Waals surface area contributed by atoms with Crippen LogP contribution in [0, 0.1) is 0 Å². The van der Waals surface area contributed by atoms with E-state index < -0.39 is 0 Å². The van der Waals surface area contributed by atoms with Crippen molar-refractivity contribution in [3.05, 3.63) is 29.8 Å². The van der Waals surface area contributed by atoms with E-state index in [1.54, 1.807) is 0 Å². The van der Waals surface area contributed by atoms with Crippen LogP contribution in [0.15, 0.2) is 24.3 Å². The predicted molar refractivity (Wildman–Crippen MR) is 66.7 cm³/mol. The largest absolute Gasteiger partial charge is 0.393 e. The SMILES string of the molecule is CNCc1ccccc1N1CCC(O)CC1. The molecule has 1 aromatic rings. The summed E-state index contributed by atoms with van der Waals surface area (Å²) >= 11 is 0. The number of para-hydroxylation sites is 1. The van der Waals surface area contributed by atoms with Crippen molar-refractivity contribution < 1.29 is 5.11 Å². The van der Waals surface area contributed by atoms with Crippen LogP contribution in [-0.4, -0.2) is 31.3 Å². The van der Waals surface area contributed by atoms with Gasteiger partial charge in [-0.2, -0.15) is 0 Å². The minimum Gasteiger partial charge on any atom is -0.393 e. The van der Waals surface area contributed by atoms with E-state index in [4.69, 9.17) is 0 Å². The topological polar surface area (TPSA) is 35.5 Å². The van der Waals surface area contributed by atoms with Crippen LogP contribution in [0.4, 0.5) is 5.69 Å². The normalized spacial score (nSPS) is 17.8. The quantitative estimate of drug-likeness (QED) is 0.807. The monoisotopic (exact) mass is 220 g/mol. The standard InChI is InChI=1S/C13H20N2O/c1-14-10-11-4-2-3-5-13(11)15-8-6-12(16)7-9-15/h2-5,12,14,16H,6-10H2,1H3. The van der Waals surface area contributed by atoms with Gasteiger partial charge < -0.3 is 15.3 Å². The summed E-state index contributed by atoms with van der Waals surface area (Å²) in [6, 6.07) is 8.50. The lowest BCUT2D eigenvalue weighted by molar-refractivity contribution is 0.145. The molecule has 1 aromatic carbocycles. The summed E-state index contributed by atoms with van der Waals surface area (Å²) in [5, 5.41) is 12.7. The molecule has 2 N–H and O–H groups in total. The number of hydrogen-bond acceptors (Lipinski definition) is 3. The van der Waals surface area contributed by atoms with Crippen molar-refractivity contribution in [1.82, 2.24) is 5.32 Å². The van der Waals surface area contributed by atoms with Crippen LogP contribution < -0.4 is 10.2 Å². The van der Waals surface area contributed by atoms with E-state index in [9.17, 15) is 5.11 Å². The highest BCUT2D eigenvalue weighted by molar-refractivity contribution is 5.53. The molecule has 0 spiro atoms. The molecule has 0 bridgehead atoms. The molecule has 16 heavy (non-hydrogen) atoms. The Morgan fingerprint density at radius 3 is 2.69 bits per heavy atom. The zero-order valence-corrected chi connectivity index (χ0v) is 9.82. The average Bonchev–Trinajstić information content (AvgIpc) is 2.32. The fourth-order valence-electron chi connectivity index (χ4n) is 2.27. The van der Waals surface area contributed by atoms with Crippen LogP contribution >= 0.6 is 0 Å².